The molecule has 0 N–H and O–H groups in total. The molecule has 2 atom stereocenters. The first-order valence-corrected chi connectivity index (χ1v) is 10.2. The van der Waals surface area contributed by atoms with Crippen LogP contribution in [0.15, 0.2) is 42.5 Å². The van der Waals surface area contributed by atoms with Crippen LogP contribution in [0.4, 0.5) is 9.18 Å². The molecule has 1 aromatic heterocycles. The highest BCUT2D eigenvalue weighted by Crippen LogP contribution is 2.38. The summed E-state index contributed by atoms with van der Waals surface area (Å²) in [6, 6.07) is 12.3. The summed E-state index contributed by atoms with van der Waals surface area (Å²) in [6.07, 6.45) is 3.44. The van der Waals surface area contributed by atoms with Crippen LogP contribution < -0.4 is 0 Å². The number of hydrogen-bond donors (Lipinski definition) is 0. The predicted octanol–water partition coefficient (Wildman–Crippen LogP) is 4.68. The monoisotopic (exact) mass is 396 g/mol. The van der Waals surface area contributed by atoms with E-state index in [2.05, 4.69) is 4.98 Å². The molecule has 5 nitrogen and oxygen atoms in total. The molecule has 2 bridgehead atoms. The van der Waals surface area contributed by atoms with Gasteiger partial charge in [-0.25, -0.2) is 14.2 Å². The number of carbonyl (C=O) groups excluding carboxylic acids is 2. The van der Waals surface area contributed by atoms with Gasteiger partial charge in [0.2, 0.25) is 0 Å². The molecule has 2 fully saturated rings. The lowest BCUT2D eigenvalue weighted by molar-refractivity contribution is 0.00454. The van der Waals surface area contributed by atoms with Crippen molar-refractivity contribution in [1.29, 1.82) is 0 Å². The number of carbonyl (C=O) groups is 2. The van der Waals surface area contributed by atoms with Crippen molar-refractivity contribution in [3.8, 4) is 0 Å². The van der Waals surface area contributed by atoms with Crippen molar-refractivity contribution in [3.05, 3.63) is 65.2 Å². The lowest BCUT2D eigenvalue weighted by atomic mass is 9.76. The molecule has 0 spiro atoms. The van der Waals surface area contributed by atoms with Gasteiger partial charge in [0.15, 0.2) is 11.6 Å². The van der Waals surface area contributed by atoms with E-state index in [1.54, 1.807) is 13.0 Å². The maximum atomic E-state index is 14.2. The molecule has 1 amide bonds. The van der Waals surface area contributed by atoms with Crippen LogP contribution in [0.25, 0.3) is 0 Å². The van der Waals surface area contributed by atoms with E-state index in [4.69, 9.17) is 4.74 Å². The van der Waals surface area contributed by atoms with Gasteiger partial charge in [-0.3, -0.25) is 4.79 Å². The molecule has 2 aromatic rings. The van der Waals surface area contributed by atoms with Gasteiger partial charge < -0.3 is 9.64 Å². The Morgan fingerprint density at radius 3 is 2.48 bits per heavy atom. The summed E-state index contributed by atoms with van der Waals surface area (Å²) >= 11 is 0. The van der Waals surface area contributed by atoms with Gasteiger partial charge in [0.1, 0.15) is 12.3 Å². The number of pyridine rings is 1. The SMILES string of the molecule is Cc1ccc(F)c(C(=O)C2CC3CCCC(C2)N3C(=O)OCc2ccccc2)n1. The third kappa shape index (κ3) is 4.16. The minimum absolute atomic E-state index is 0.0485. The molecule has 152 valence electrons. The highest BCUT2D eigenvalue weighted by atomic mass is 19.1. The minimum Gasteiger partial charge on any atom is -0.445 e. The maximum Gasteiger partial charge on any atom is 0.410 e. The Balaban J connectivity index is 1.45. The van der Waals surface area contributed by atoms with E-state index >= 15 is 0 Å². The number of rotatable bonds is 4. The van der Waals surface area contributed by atoms with Gasteiger partial charge in [0, 0.05) is 23.7 Å². The van der Waals surface area contributed by atoms with E-state index < -0.39 is 5.82 Å². The van der Waals surface area contributed by atoms with Crippen LogP contribution in [0.3, 0.4) is 0 Å². The van der Waals surface area contributed by atoms with Crippen molar-refractivity contribution >= 4 is 11.9 Å². The van der Waals surface area contributed by atoms with Crippen molar-refractivity contribution < 1.29 is 18.7 Å². The number of halogens is 1. The number of aryl methyl sites for hydroxylation is 1. The number of ether oxygens (including phenoxy) is 1. The summed E-state index contributed by atoms with van der Waals surface area (Å²) in [5.41, 5.74) is 1.49. The molecular weight excluding hydrogens is 371 g/mol. The average Bonchev–Trinajstić information content (AvgIpc) is 2.73. The number of fused-ring (bicyclic) bond motifs is 2. The van der Waals surface area contributed by atoms with E-state index in [-0.39, 0.29) is 42.2 Å². The Bertz CT molecular complexity index is 888. The minimum atomic E-state index is -0.574. The zero-order chi connectivity index (χ0) is 20.4. The van der Waals surface area contributed by atoms with Gasteiger partial charge in [0.05, 0.1) is 0 Å². The van der Waals surface area contributed by atoms with Crippen LogP contribution in [-0.4, -0.2) is 33.8 Å². The normalized spacial score (nSPS) is 23.5. The van der Waals surface area contributed by atoms with Crippen molar-refractivity contribution in [1.82, 2.24) is 9.88 Å². The second-order valence-corrected chi connectivity index (χ2v) is 8.00. The highest BCUT2D eigenvalue weighted by Gasteiger charge is 2.44. The van der Waals surface area contributed by atoms with Crippen LogP contribution in [0, 0.1) is 18.7 Å². The number of benzene rings is 1. The van der Waals surface area contributed by atoms with E-state index in [0.717, 1.165) is 24.8 Å². The zero-order valence-corrected chi connectivity index (χ0v) is 16.5. The third-order valence-electron chi connectivity index (χ3n) is 5.98. The standard InChI is InChI=1S/C23H25FN2O3/c1-15-10-11-20(24)21(25-15)22(27)17-12-18-8-5-9-19(13-17)26(18)23(28)29-14-16-6-3-2-4-7-16/h2-4,6-7,10-11,17-19H,5,8-9,12-14H2,1H3. The fraction of sp³-hybridized carbons (Fsp3) is 0.435. The number of ketones is 1. The van der Waals surface area contributed by atoms with Crippen molar-refractivity contribution in [2.45, 2.75) is 57.7 Å². The van der Waals surface area contributed by atoms with Gasteiger partial charge in [-0.2, -0.15) is 0 Å². The third-order valence-corrected chi connectivity index (χ3v) is 5.98. The summed E-state index contributed by atoms with van der Waals surface area (Å²) in [5, 5.41) is 0. The Morgan fingerprint density at radius 2 is 1.79 bits per heavy atom. The van der Waals surface area contributed by atoms with Crippen LogP contribution in [0.2, 0.25) is 0 Å². The fourth-order valence-electron chi connectivity index (χ4n) is 4.59. The number of hydrogen-bond acceptors (Lipinski definition) is 4. The average molecular weight is 396 g/mol. The molecule has 0 radical (unpaired) electrons. The Hall–Kier alpha value is -2.76. The van der Waals surface area contributed by atoms with Crippen molar-refractivity contribution in [3.63, 3.8) is 0 Å². The van der Waals surface area contributed by atoms with Crippen LogP contribution in [-0.2, 0) is 11.3 Å². The van der Waals surface area contributed by atoms with Crippen LogP contribution >= 0.6 is 0 Å². The fourth-order valence-corrected chi connectivity index (χ4v) is 4.59. The highest BCUT2D eigenvalue weighted by molar-refractivity contribution is 5.96. The van der Waals surface area contributed by atoms with Gasteiger partial charge in [-0.15, -0.1) is 0 Å². The molecule has 2 aliphatic heterocycles. The van der Waals surface area contributed by atoms with E-state index in [1.165, 1.54) is 6.07 Å². The number of piperidine rings is 2. The number of aromatic nitrogens is 1. The molecule has 3 heterocycles. The Labute approximate surface area is 169 Å². The molecule has 6 heteroatoms. The van der Waals surface area contributed by atoms with Gasteiger partial charge >= 0.3 is 6.09 Å². The molecule has 29 heavy (non-hydrogen) atoms. The summed E-state index contributed by atoms with van der Waals surface area (Å²) in [6.45, 7) is 1.98. The van der Waals surface area contributed by atoms with E-state index in [1.807, 2.05) is 35.2 Å². The Kier molecular flexibility index (Phi) is 5.60. The van der Waals surface area contributed by atoms with E-state index in [9.17, 15) is 14.0 Å². The molecule has 2 saturated heterocycles. The molecular formula is C23H25FN2O3. The second kappa shape index (κ2) is 8.31. The first-order valence-electron chi connectivity index (χ1n) is 10.2. The second-order valence-electron chi connectivity index (χ2n) is 8.00. The van der Waals surface area contributed by atoms with Crippen LogP contribution in [0.5, 0.6) is 0 Å². The molecule has 1 aromatic carbocycles. The summed E-state index contributed by atoms with van der Waals surface area (Å²) < 4.78 is 19.7. The van der Waals surface area contributed by atoms with Gasteiger partial charge in [-0.05, 0) is 56.7 Å². The molecule has 2 aliphatic rings. The number of amides is 1. The van der Waals surface area contributed by atoms with Crippen molar-refractivity contribution in [2.24, 2.45) is 5.92 Å². The number of nitrogens with zero attached hydrogens (tertiary/aromatic N) is 2. The lowest BCUT2D eigenvalue weighted by Gasteiger charge is -2.47. The van der Waals surface area contributed by atoms with E-state index in [0.29, 0.717) is 18.5 Å². The predicted molar refractivity (Wildman–Crippen MR) is 106 cm³/mol. The summed E-state index contributed by atoms with van der Waals surface area (Å²) in [4.78, 5) is 31.7. The summed E-state index contributed by atoms with van der Waals surface area (Å²) in [5.74, 6) is -1.14. The topological polar surface area (TPSA) is 59.5 Å². The van der Waals surface area contributed by atoms with Gasteiger partial charge in [-0.1, -0.05) is 30.3 Å². The Morgan fingerprint density at radius 1 is 1.10 bits per heavy atom. The first kappa shape index (κ1) is 19.6. The molecule has 0 aliphatic carbocycles. The van der Waals surface area contributed by atoms with Crippen molar-refractivity contribution in [2.75, 3.05) is 0 Å². The number of Topliss-reactive ketones (excluding diaryl/α,β-unsaturated/α-hetero) is 1. The lowest BCUT2D eigenvalue weighted by Crippen LogP contribution is -2.55. The van der Waals surface area contributed by atoms with Gasteiger partial charge in [0.25, 0.3) is 0 Å². The molecule has 4 rings (SSSR count). The first-order chi connectivity index (χ1) is 14.0. The maximum absolute atomic E-state index is 14.2. The quantitative estimate of drug-likeness (QED) is 0.704. The zero-order valence-electron chi connectivity index (χ0n) is 16.5. The molecule has 2 unspecified atom stereocenters. The smallest absolute Gasteiger partial charge is 0.410 e. The van der Waals surface area contributed by atoms with Crippen LogP contribution in [0.1, 0.15) is 53.8 Å². The summed E-state index contributed by atoms with van der Waals surface area (Å²) in [7, 11) is 0. The molecule has 0 saturated carbocycles. The largest absolute Gasteiger partial charge is 0.445 e.